The molecule has 1 N–H and O–H groups in total. The van der Waals surface area contributed by atoms with Gasteiger partial charge < -0.3 is 10.2 Å². The summed E-state index contributed by atoms with van der Waals surface area (Å²) in [6.07, 6.45) is 6.83. The highest BCUT2D eigenvalue weighted by atomic mass is 35.5. The van der Waals surface area contributed by atoms with E-state index in [0.29, 0.717) is 23.7 Å². The van der Waals surface area contributed by atoms with E-state index < -0.39 is 28.5 Å². The van der Waals surface area contributed by atoms with Crippen LogP contribution in [0.2, 0.25) is 5.02 Å². The first-order valence-corrected chi connectivity index (χ1v) is 14.2. The summed E-state index contributed by atoms with van der Waals surface area (Å²) >= 11 is 5.96. The molecule has 0 bridgehead atoms. The largest absolute Gasteiger partial charge is 0.352 e. The van der Waals surface area contributed by atoms with Crippen molar-refractivity contribution in [1.82, 2.24) is 10.2 Å². The number of sulfonamides is 1. The second-order valence-electron chi connectivity index (χ2n) is 9.09. The summed E-state index contributed by atoms with van der Waals surface area (Å²) in [5, 5.41) is 3.56. The highest BCUT2D eigenvalue weighted by molar-refractivity contribution is 7.92. The lowest BCUT2D eigenvalue weighted by molar-refractivity contribution is -0.139. The maximum Gasteiger partial charge on any atom is 0.244 e. The first-order chi connectivity index (χ1) is 16.6. The van der Waals surface area contributed by atoms with Gasteiger partial charge in [-0.3, -0.25) is 13.9 Å². The maximum atomic E-state index is 13.5. The molecule has 0 spiro atoms. The normalized spacial score (nSPS) is 15.3. The highest BCUT2D eigenvalue weighted by Gasteiger charge is 2.30. The van der Waals surface area contributed by atoms with E-state index in [1.807, 2.05) is 30.3 Å². The van der Waals surface area contributed by atoms with Crippen LogP contribution in [0.5, 0.6) is 0 Å². The summed E-state index contributed by atoms with van der Waals surface area (Å²) in [5.74, 6) is -0.650. The Bertz CT molecular complexity index is 1090. The number of hydrogen-bond donors (Lipinski definition) is 1. The summed E-state index contributed by atoms with van der Waals surface area (Å²) in [6.45, 7) is 1.59. The number of anilines is 1. The smallest absolute Gasteiger partial charge is 0.244 e. The van der Waals surface area contributed by atoms with Crippen LogP contribution in [0.4, 0.5) is 5.69 Å². The zero-order chi connectivity index (χ0) is 25.4. The standard InChI is InChI=1S/C26H34ClN3O4S/c1-20(26(32)28-23-11-7-4-8-12-23)29(18-17-21-9-5-3-6-10-21)25(31)19-30(35(2,33)34)24-15-13-22(27)14-16-24/h3,5-6,9-10,13-16,20,23H,4,7-8,11-12,17-19H2,1-2H3,(H,28,32)/t20-/m1/s1. The molecule has 2 aromatic rings. The van der Waals surface area contributed by atoms with Gasteiger partial charge in [0.2, 0.25) is 21.8 Å². The third-order valence-corrected chi connectivity index (χ3v) is 7.79. The topological polar surface area (TPSA) is 86.8 Å². The Labute approximate surface area is 213 Å². The van der Waals surface area contributed by atoms with Crippen LogP contribution in [0, 0.1) is 0 Å². The number of rotatable bonds is 10. The van der Waals surface area contributed by atoms with Gasteiger partial charge in [-0.05, 0) is 56.0 Å². The van der Waals surface area contributed by atoms with Gasteiger partial charge in [0.25, 0.3) is 0 Å². The molecule has 0 heterocycles. The molecule has 35 heavy (non-hydrogen) atoms. The number of hydrogen-bond acceptors (Lipinski definition) is 4. The van der Waals surface area contributed by atoms with E-state index in [1.54, 1.807) is 31.2 Å². The van der Waals surface area contributed by atoms with Crippen molar-refractivity contribution in [3.8, 4) is 0 Å². The molecule has 3 rings (SSSR count). The zero-order valence-corrected chi connectivity index (χ0v) is 21.9. The van der Waals surface area contributed by atoms with Gasteiger partial charge in [-0.25, -0.2) is 8.42 Å². The van der Waals surface area contributed by atoms with E-state index in [0.717, 1.165) is 41.8 Å². The second kappa shape index (κ2) is 12.4. The van der Waals surface area contributed by atoms with Crippen molar-refractivity contribution in [1.29, 1.82) is 0 Å². The molecule has 190 valence electrons. The van der Waals surface area contributed by atoms with Gasteiger partial charge >= 0.3 is 0 Å². The zero-order valence-electron chi connectivity index (χ0n) is 20.3. The number of carbonyl (C=O) groups excluding carboxylic acids is 2. The summed E-state index contributed by atoms with van der Waals surface area (Å²) in [5.41, 5.74) is 1.37. The molecule has 0 unspecified atom stereocenters. The molecular weight excluding hydrogens is 486 g/mol. The molecule has 0 radical (unpaired) electrons. The third kappa shape index (κ3) is 7.97. The van der Waals surface area contributed by atoms with Crippen LogP contribution in [0.1, 0.15) is 44.6 Å². The lowest BCUT2D eigenvalue weighted by Gasteiger charge is -2.33. The molecule has 1 aliphatic rings. The number of benzene rings is 2. The van der Waals surface area contributed by atoms with Crippen molar-refractivity contribution in [3.63, 3.8) is 0 Å². The van der Waals surface area contributed by atoms with Gasteiger partial charge in [0.15, 0.2) is 0 Å². The van der Waals surface area contributed by atoms with Gasteiger partial charge in [-0.2, -0.15) is 0 Å². The second-order valence-corrected chi connectivity index (χ2v) is 11.4. The molecule has 1 saturated carbocycles. The predicted molar refractivity (Wildman–Crippen MR) is 140 cm³/mol. The van der Waals surface area contributed by atoms with Crippen LogP contribution in [0.25, 0.3) is 0 Å². The van der Waals surface area contributed by atoms with E-state index in [9.17, 15) is 18.0 Å². The highest BCUT2D eigenvalue weighted by Crippen LogP contribution is 2.21. The van der Waals surface area contributed by atoms with E-state index in [-0.39, 0.29) is 11.9 Å². The van der Waals surface area contributed by atoms with E-state index in [2.05, 4.69) is 5.32 Å². The first kappa shape index (κ1) is 27.0. The van der Waals surface area contributed by atoms with Gasteiger partial charge in [-0.1, -0.05) is 61.2 Å². The molecule has 9 heteroatoms. The van der Waals surface area contributed by atoms with Crippen LogP contribution in [-0.4, -0.2) is 56.6 Å². The van der Waals surface area contributed by atoms with Crippen LogP contribution in [0.3, 0.4) is 0 Å². The average molecular weight is 520 g/mol. The lowest BCUT2D eigenvalue weighted by Crippen LogP contribution is -2.53. The van der Waals surface area contributed by atoms with Crippen molar-refractivity contribution in [2.75, 3.05) is 23.7 Å². The molecule has 7 nitrogen and oxygen atoms in total. The molecule has 1 aliphatic carbocycles. The molecule has 1 atom stereocenters. The Hall–Kier alpha value is -2.58. The SMILES string of the molecule is C[C@H](C(=O)NC1CCCCC1)N(CCc1ccccc1)C(=O)CN(c1ccc(Cl)cc1)S(C)(=O)=O. The minimum Gasteiger partial charge on any atom is -0.352 e. The minimum absolute atomic E-state index is 0.117. The molecule has 1 fully saturated rings. The van der Waals surface area contributed by atoms with Crippen molar-refractivity contribution in [2.24, 2.45) is 0 Å². The lowest BCUT2D eigenvalue weighted by atomic mass is 9.95. The summed E-state index contributed by atoms with van der Waals surface area (Å²) in [7, 11) is -3.75. The predicted octanol–water partition coefficient (Wildman–Crippen LogP) is 4.01. The number of nitrogens with one attached hydrogen (secondary N) is 1. The van der Waals surface area contributed by atoms with Crippen LogP contribution in [-0.2, 0) is 26.0 Å². The number of nitrogens with zero attached hydrogens (tertiary/aromatic N) is 2. The monoisotopic (exact) mass is 519 g/mol. The Morgan fingerprint density at radius 2 is 1.66 bits per heavy atom. The molecular formula is C26H34ClN3O4S. The Balaban J connectivity index is 1.80. The van der Waals surface area contributed by atoms with E-state index in [4.69, 9.17) is 11.6 Å². The average Bonchev–Trinajstić information content (AvgIpc) is 2.84. The van der Waals surface area contributed by atoms with Crippen LogP contribution >= 0.6 is 11.6 Å². The van der Waals surface area contributed by atoms with Crippen LogP contribution in [0.15, 0.2) is 54.6 Å². The maximum absolute atomic E-state index is 13.5. The fourth-order valence-corrected chi connectivity index (χ4v) is 5.34. The van der Waals surface area contributed by atoms with Crippen molar-refractivity contribution < 1.29 is 18.0 Å². The van der Waals surface area contributed by atoms with Gasteiger partial charge in [-0.15, -0.1) is 0 Å². The summed E-state index contributed by atoms with van der Waals surface area (Å²) in [4.78, 5) is 28.1. The Morgan fingerprint density at radius 1 is 1.03 bits per heavy atom. The van der Waals surface area contributed by atoms with Gasteiger partial charge in [0.05, 0.1) is 11.9 Å². The molecule has 0 aliphatic heterocycles. The number of amides is 2. The van der Waals surface area contributed by atoms with Gasteiger partial charge in [0.1, 0.15) is 12.6 Å². The Kier molecular flexibility index (Phi) is 9.57. The minimum atomic E-state index is -3.75. The fourth-order valence-electron chi connectivity index (χ4n) is 4.36. The Morgan fingerprint density at radius 3 is 2.26 bits per heavy atom. The van der Waals surface area contributed by atoms with E-state index in [1.165, 1.54) is 11.3 Å². The molecule has 0 saturated heterocycles. The molecule has 2 amide bonds. The molecule has 0 aromatic heterocycles. The van der Waals surface area contributed by atoms with Crippen LogP contribution < -0.4 is 9.62 Å². The first-order valence-electron chi connectivity index (χ1n) is 12.0. The summed E-state index contributed by atoms with van der Waals surface area (Å²) < 4.78 is 26.2. The summed E-state index contributed by atoms with van der Waals surface area (Å²) in [6, 6.07) is 15.3. The third-order valence-electron chi connectivity index (χ3n) is 6.40. The number of halogens is 1. The van der Waals surface area contributed by atoms with Crippen molar-refractivity contribution in [2.45, 2.75) is 57.5 Å². The fraction of sp³-hybridized carbons (Fsp3) is 0.462. The van der Waals surface area contributed by atoms with Gasteiger partial charge in [0, 0.05) is 17.6 Å². The number of carbonyl (C=O) groups is 2. The van der Waals surface area contributed by atoms with Crippen molar-refractivity contribution in [3.05, 3.63) is 65.2 Å². The quantitative estimate of drug-likeness (QED) is 0.513. The van der Waals surface area contributed by atoms with E-state index >= 15 is 0 Å². The van der Waals surface area contributed by atoms with Crippen molar-refractivity contribution >= 4 is 39.1 Å². The molecule has 2 aromatic carbocycles.